The van der Waals surface area contributed by atoms with Crippen LogP contribution in [0.2, 0.25) is 0 Å². The maximum Gasteiger partial charge on any atom is 0.418 e. The monoisotopic (exact) mass is 409 g/mol. The summed E-state index contributed by atoms with van der Waals surface area (Å²) in [4.78, 5) is 16.5. The molecule has 0 aliphatic carbocycles. The Morgan fingerprint density at radius 1 is 1.34 bits per heavy atom. The zero-order chi connectivity index (χ0) is 21.1. The van der Waals surface area contributed by atoms with E-state index in [9.17, 15) is 18.0 Å². The minimum absolute atomic E-state index is 0.0632. The summed E-state index contributed by atoms with van der Waals surface area (Å²) in [6.07, 6.45) is 7.94. The smallest absolute Gasteiger partial charge is 0.418 e. The molecule has 1 unspecified atom stereocenters. The number of carbonyl (C=O) groups excluding carboxylic acids is 1. The predicted molar refractivity (Wildman–Crippen MR) is 101 cm³/mol. The van der Waals surface area contributed by atoms with Gasteiger partial charge < -0.3 is 14.2 Å². The Bertz CT molecular complexity index is 797. The summed E-state index contributed by atoms with van der Waals surface area (Å²) >= 11 is 0. The van der Waals surface area contributed by atoms with E-state index in [0.717, 1.165) is 6.07 Å². The van der Waals surface area contributed by atoms with Gasteiger partial charge in [-0.05, 0) is 25.1 Å². The van der Waals surface area contributed by atoms with Crippen LogP contribution in [-0.4, -0.2) is 30.8 Å². The lowest BCUT2D eigenvalue weighted by atomic mass is 9.94. The van der Waals surface area contributed by atoms with Gasteiger partial charge in [-0.3, -0.25) is 9.78 Å². The van der Waals surface area contributed by atoms with Gasteiger partial charge in [-0.15, -0.1) is 0 Å². The van der Waals surface area contributed by atoms with E-state index in [1.807, 2.05) is 0 Å². The fourth-order valence-corrected chi connectivity index (χ4v) is 2.50. The van der Waals surface area contributed by atoms with Crippen molar-refractivity contribution in [1.29, 1.82) is 0 Å². The molecule has 0 N–H and O–H groups in total. The molecule has 0 spiro atoms. The highest BCUT2D eigenvalue weighted by Gasteiger charge is 2.37. The lowest BCUT2D eigenvalue weighted by Gasteiger charge is -2.19. The van der Waals surface area contributed by atoms with Gasteiger partial charge in [0.05, 0.1) is 30.4 Å². The summed E-state index contributed by atoms with van der Waals surface area (Å²) in [7, 11) is 0. The number of allylic oxidation sites excluding steroid dienone is 5. The number of alkyl halides is 3. The summed E-state index contributed by atoms with van der Waals surface area (Å²) in [6.45, 7) is 1.96. The van der Waals surface area contributed by atoms with E-state index in [4.69, 9.17) is 14.2 Å². The number of hydrogen-bond donors (Lipinski definition) is 0. The number of aromatic nitrogens is 1. The number of halogens is 3. The third-order valence-electron chi connectivity index (χ3n) is 3.92. The first-order valence-corrected chi connectivity index (χ1v) is 8.95. The zero-order valence-electron chi connectivity index (χ0n) is 15.9. The molecule has 5 nitrogen and oxygen atoms in total. The van der Waals surface area contributed by atoms with Gasteiger partial charge in [0.25, 0.3) is 0 Å². The predicted octanol–water partition coefficient (Wildman–Crippen LogP) is 4.69. The molecule has 0 saturated heterocycles. The van der Waals surface area contributed by atoms with Crippen molar-refractivity contribution in [2.45, 2.75) is 25.4 Å². The van der Waals surface area contributed by atoms with Crippen molar-refractivity contribution in [3.63, 3.8) is 0 Å². The molecule has 0 saturated carbocycles. The first-order valence-electron chi connectivity index (χ1n) is 8.95. The van der Waals surface area contributed by atoms with Crippen molar-refractivity contribution in [2.24, 2.45) is 0 Å². The fraction of sp³-hybridized carbons (Fsp3) is 0.333. The molecule has 29 heavy (non-hydrogen) atoms. The minimum Gasteiger partial charge on any atom is -0.461 e. The van der Waals surface area contributed by atoms with Gasteiger partial charge in [-0.1, -0.05) is 30.4 Å². The first kappa shape index (κ1) is 22.4. The largest absolute Gasteiger partial charge is 0.461 e. The van der Waals surface area contributed by atoms with Crippen LogP contribution in [0, 0.1) is 0 Å². The second-order valence-corrected chi connectivity index (χ2v) is 6.00. The quantitative estimate of drug-likeness (QED) is 0.319. The Kier molecular flexibility index (Phi) is 8.67. The van der Waals surface area contributed by atoms with Crippen molar-refractivity contribution < 1.29 is 32.2 Å². The summed E-state index contributed by atoms with van der Waals surface area (Å²) in [5.74, 6) is -1.00. The van der Waals surface area contributed by atoms with Gasteiger partial charge >= 0.3 is 6.18 Å². The average Bonchev–Trinajstić information content (AvgIpc) is 3.20. The average molecular weight is 409 g/mol. The maximum atomic E-state index is 13.4. The first-order chi connectivity index (χ1) is 13.9. The molecule has 1 aromatic rings. The number of Topliss-reactive ketones (excluding diaryl/α,β-unsaturated/α-hetero) is 1. The van der Waals surface area contributed by atoms with Crippen molar-refractivity contribution in [2.75, 3.05) is 20.0 Å². The van der Waals surface area contributed by atoms with Crippen molar-refractivity contribution in [1.82, 2.24) is 4.98 Å². The minimum atomic E-state index is -4.61. The molecule has 0 aromatic carbocycles. The highest BCUT2D eigenvalue weighted by molar-refractivity contribution is 5.87. The van der Waals surface area contributed by atoms with E-state index in [1.165, 1.54) is 18.5 Å². The van der Waals surface area contributed by atoms with Crippen LogP contribution in [0.15, 0.2) is 66.8 Å². The lowest BCUT2D eigenvalue weighted by Crippen LogP contribution is -2.23. The van der Waals surface area contributed by atoms with Crippen LogP contribution in [0.3, 0.4) is 0 Å². The zero-order valence-corrected chi connectivity index (χ0v) is 15.9. The molecule has 156 valence electrons. The molecule has 1 atom stereocenters. The van der Waals surface area contributed by atoms with E-state index in [-0.39, 0.29) is 32.1 Å². The van der Waals surface area contributed by atoms with Gasteiger partial charge in [-0.2, -0.15) is 13.2 Å². The number of ether oxygens (including phenoxy) is 3. The Labute approximate surface area is 167 Å². The van der Waals surface area contributed by atoms with E-state index in [1.54, 1.807) is 43.4 Å². The Morgan fingerprint density at radius 3 is 2.86 bits per heavy atom. The van der Waals surface area contributed by atoms with Gasteiger partial charge in [0, 0.05) is 12.6 Å². The number of nitrogens with zero attached hydrogens (tertiary/aromatic N) is 1. The molecule has 1 aliphatic heterocycles. The standard InChI is InChI=1S/C21H22F3NO4/c1-2-3-12-27-14-17(20-18(21(22,23)24)9-7-11-25-20)19(26)10-6-4-5-8-16-13-28-15-29-16/h2-9,11,13,17H,10,12,14-15H2,1H3/b3-2-,6-4+,8-5-. The van der Waals surface area contributed by atoms with Gasteiger partial charge in [0.1, 0.15) is 12.0 Å². The third kappa shape index (κ3) is 7.23. The highest BCUT2D eigenvalue weighted by Crippen LogP contribution is 2.34. The molecule has 0 bridgehead atoms. The Hall–Kier alpha value is -2.87. The normalized spacial score (nSPS) is 15.7. The molecule has 1 aliphatic rings. The summed E-state index contributed by atoms with van der Waals surface area (Å²) in [5.41, 5.74) is -1.25. The molecule has 2 heterocycles. The fourth-order valence-electron chi connectivity index (χ4n) is 2.50. The van der Waals surface area contributed by atoms with E-state index < -0.39 is 23.4 Å². The number of carbonyl (C=O) groups is 1. The van der Waals surface area contributed by atoms with Crippen molar-refractivity contribution in [3.8, 4) is 0 Å². The van der Waals surface area contributed by atoms with Crippen LogP contribution in [0.5, 0.6) is 0 Å². The topological polar surface area (TPSA) is 57.7 Å². The molecule has 0 amide bonds. The van der Waals surface area contributed by atoms with Gasteiger partial charge in [-0.25, -0.2) is 0 Å². The van der Waals surface area contributed by atoms with Crippen molar-refractivity contribution in [3.05, 3.63) is 78.1 Å². The molecule has 0 radical (unpaired) electrons. The molecule has 2 rings (SSSR count). The molecule has 8 heteroatoms. The second-order valence-electron chi connectivity index (χ2n) is 6.00. The Morgan fingerprint density at radius 2 is 2.17 bits per heavy atom. The van der Waals surface area contributed by atoms with Crippen molar-refractivity contribution >= 4 is 5.78 Å². The number of rotatable bonds is 10. The summed E-state index contributed by atoms with van der Waals surface area (Å²) in [5, 5.41) is 0. The van der Waals surface area contributed by atoms with E-state index in [0.29, 0.717) is 5.76 Å². The van der Waals surface area contributed by atoms with E-state index in [2.05, 4.69) is 4.98 Å². The third-order valence-corrected chi connectivity index (χ3v) is 3.92. The molecule has 0 fully saturated rings. The molecule has 1 aromatic heterocycles. The van der Waals surface area contributed by atoms with Crippen LogP contribution in [-0.2, 0) is 25.2 Å². The second kappa shape index (κ2) is 11.2. The van der Waals surface area contributed by atoms with Crippen LogP contribution < -0.4 is 0 Å². The van der Waals surface area contributed by atoms with Crippen LogP contribution >= 0.6 is 0 Å². The van der Waals surface area contributed by atoms with Crippen LogP contribution in [0.25, 0.3) is 0 Å². The highest BCUT2D eigenvalue weighted by atomic mass is 19.4. The number of pyridine rings is 1. The Balaban J connectivity index is 2.11. The number of ketones is 1. The molecular formula is C21H22F3NO4. The van der Waals surface area contributed by atoms with Crippen LogP contribution in [0.1, 0.15) is 30.5 Å². The summed E-state index contributed by atoms with van der Waals surface area (Å²) < 4.78 is 55.5. The lowest BCUT2D eigenvalue weighted by molar-refractivity contribution is -0.139. The maximum absolute atomic E-state index is 13.4. The van der Waals surface area contributed by atoms with E-state index >= 15 is 0 Å². The van der Waals surface area contributed by atoms with Gasteiger partial charge in [0.2, 0.25) is 6.79 Å². The number of hydrogen-bond acceptors (Lipinski definition) is 5. The van der Waals surface area contributed by atoms with Crippen LogP contribution in [0.4, 0.5) is 13.2 Å². The van der Waals surface area contributed by atoms with Gasteiger partial charge in [0.15, 0.2) is 5.76 Å². The summed E-state index contributed by atoms with van der Waals surface area (Å²) in [6, 6.07) is 2.12. The molecular weight excluding hydrogens is 387 g/mol. The SMILES string of the molecule is C/C=C\COCC(C(=O)C/C=C/C=C\C1=COCO1)c1ncccc1C(F)(F)F.